The van der Waals surface area contributed by atoms with Gasteiger partial charge in [0, 0.05) is 10.0 Å². The molecule has 1 aromatic carbocycles. The Morgan fingerprint density at radius 3 is 2.33 bits per heavy atom. The standard InChI is InChI=1S/C8H7BrO.C2H6/c1-6-2-3-8(9)4-7(6)5-10;1-2/h2-5H,1H3;1-2H3. The summed E-state index contributed by atoms with van der Waals surface area (Å²) in [5.41, 5.74) is 1.76. The lowest BCUT2D eigenvalue weighted by Gasteiger charge is -1.96. The first-order valence-electron chi connectivity index (χ1n) is 3.95. The number of benzene rings is 1. The molecule has 0 fully saturated rings. The van der Waals surface area contributed by atoms with Crippen LogP contribution in [0.5, 0.6) is 0 Å². The van der Waals surface area contributed by atoms with E-state index in [1.807, 2.05) is 39.0 Å². The molecule has 0 saturated heterocycles. The highest BCUT2D eigenvalue weighted by Gasteiger charge is 1.95. The smallest absolute Gasteiger partial charge is 0.150 e. The number of rotatable bonds is 1. The SMILES string of the molecule is CC.Cc1ccc(Br)cc1C=O. The molecule has 0 aliphatic rings. The van der Waals surface area contributed by atoms with Gasteiger partial charge in [-0.3, -0.25) is 4.79 Å². The molecule has 12 heavy (non-hydrogen) atoms. The van der Waals surface area contributed by atoms with E-state index in [0.29, 0.717) is 0 Å². The highest BCUT2D eigenvalue weighted by molar-refractivity contribution is 9.10. The van der Waals surface area contributed by atoms with E-state index >= 15 is 0 Å². The summed E-state index contributed by atoms with van der Waals surface area (Å²) in [6.07, 6.45) is 0.861. The maximum atomic E-state index is 10.4. The van der Waals surface area contributed by atoms with Crippen LogP contribution in [0.3, 0.4) is 0 Å². The summed E-state index contributed by atoms with van der Waals surface area (Å²) < 4.78 is 0.945. The number of aryl methyl sites for hydroxylation is 1. The Hall–Kier alpha value is -0.630. The molecule has 1 rings (SSSR count). The molecule has 0 unspecified atom stereocenters. The van der Waals surface area contributed by atoms with Gasteiger partial charge in [-0.25, -0.2) is 0 Å². The Balaban J connectivity index is 0.000000561. The summed E-state index contributed by atoms with van der Waals surface area (Å²) >= 11 is 3.28. The molecule has 0 aromatic heterocycles. The summed E-state index contributed by atoms with van der Waals surface area (Å²) in [5, 5.41) is 0. The van der Waals surface area contributed by atoms with Gasteiger partial charge in [0.05, 0.1) is 0 Å². The van der Waals surface area contributed by atoms with Crippen LogP contribution in [0.15, 0.2) is 22.7 Å². The zero-order valence-electron chi connectivity index (χ0n) is 7.60. The molecule has 0 atom stereocenters. The Kier molecular flexibility index (Phi) is 5.64. The molecule has 0 heterocycles. The van der Waals surface area contributed by atoms with Crippen molar-refractivity contribution in [1.82, 2.24) is 0 Å². The fourth-order valence-electron chi connectivity index (χ4n) is 0.738. The van der Waals surface area contributed by atoms with Gasteiger partial charge in [0.1, 0.15) is 6.29 Å². The minimum Gasteiger partial charge on any atom is -0.298 e. The van der Waals surface area contributed by atoms with Gasteiger partial charge in [-0.05, 0) is 24.6 Å². The van der Waals surface area contributed by atoms with Crippen LogP contribution in [-0.4, -0.2) is 6.29 Å². The molecule has 0 N–H and O–H groups in total. The molecule has 0 saturated carbocycles. The number of aldehydes is 1. The summed E-state index contributed by atoms with van der Waals surface area (Å²) in [5.74, 6) is 0. The lowest BCUT2D eigenvalue weighted by molar-refractivity contribution is 0.112. The van der Waals surface area contributed by atoms with E-state index in [-0.39, 0.29) is 0 Å². The van der Waals surface area contributed by atoms with E-state index in [1.165, 1.54) is 0 Å². The molecule has 2 heteroatoms. The van der Waals surface area contributed by atoms with Gasteiger partial charge < -0.3 is 0 Å². The van der Waals surface area contributed by atoms with Crippen LogP contribution in [0.1, 0.15) is 29.8 Å². The first kappa shape index (κ1) is 11.4. The van der Waals surface area contributed by atoms with E-state index in [4.69, 9.17) is 0 Å². The van der Waals surface area contributed by atoms with Crippen molar-refractivity contribution in [3.63, 3.8) is 0 Å². The summed E-state index contributed by atoms with van der Waals surface area (Å²) in [6.45, 7) is 5.91. The van der Waals surface area contributed by atoms with Crippen LogP contribution in [0.4, 0.5) is 0 Å². The largest absolute Gasteiger partial charge is 0.298 e. The van der Waals surface area contributed by atoms with Gasteiger partial charge in [0.2, 0.25) is 0 Å². The van der Waals surface area contributed by atoms with Gasteiger partial charge in [-0.2, -0.15) is 0 Å². The van der Waals surface area contributed by atoms with Crippen molar-refractivity contribution in [2.24, 2.45) is 0 Å². The molecule has 0 aliphatic heterocycles. The van der Waals surface area contributed by atoms with E-state index in [1.54, 1.807) is 0 Å². The van der Waals surface area contributed by atoms with Crippen molar-refractivity contribution < 1.29 is 4.79 Å². The number of carbonyl (C=O) groups is 1. The predicted molar refractivity (Wildman–Crippen MR) is 55.6 cm³/mol. The molecule has 0 spiro atoms. The van der Waals surface area contributed by atoms with Crippen molar-refractivity contribution >= 4 is 22.2 Å². The van der Waals surface area contributed by atoms with Crippen LogP contribution >= 0.6 is 15.9 Å². The number of carbonyl (C=O) groups excluding carboxylic acids is 1. The fourth-order valence-corrected chi connectivity index (χ4v) is 1.12. The predicted octanol–water partition coefficient (Wildman–Crippen LogP) is 3.60. The lowest BCUT2D eigenvalue weighted by atomic mass is 10.1. The lowest BCUT2D eigenvalue weighted by Crippen LogP contribution is -1.84. The fraction of sp³-hybridized carbons (Fsp3) is 0.300. The van der Waals surface area contributed by atoms with E-state index in [9.17, 15) is 4.79 Å². The van der Waals surface area contributed by atoms with Gasteiger partial charge in [-0.15, -0.1) is 0 Å². The molecular weight excluding hydrogens is 216 g/mol. The monoisotopic (exact) mass is 228 g/mol. The maximum absolute atomic E-state index is 10.4. The minimum atomic E-state index is 0.745. The third-order valence-electron chi connectivity index (χ3n) is 1.37. The average Bonchev–Trinajstić information content (AvgIpc) is 2.13. The minimum absolute atomic E-state index is 0.745. The molecular formula is C10H13BrO. The van der Waals surface area contributed by atoms with Crippen LogP contribution in [0.2, 0.25) is 0 Å². The Labute approximate surface area is 81.9 Å². The Morgan fingerprint density at radius 2 is 1.92 bits per heavy atom. The van der Waals surface area contributed by atoms with Gasteiger partial charge >= 0.3 is 0 Å². The summed E-state index contributed by atoms with van der Waals surface area (Å²) in [4.78, 5) is 10.4. The third kappa shape index (κ3) is 3.18. The van der Waals surface area contributed by atoms with Crippen molar-refractivity contribution in [1.29, 1.82) is 0 Å². The third-order valence-corrected chi connectivity index (χ3v) is 1.86. The maximum Gasteiger partial charge on any atom is 0.150 e. The zero-order chi connectivity index (χ0) is 9.56. The van der Waals surface area contributed by atoms with E-state index in [0.717, 1.165) is 21.9 Å². The first-order chi connectivity index (χ1) is 5.74. The quantitative estimate of drug-likeness (QED) is 0.672. The molecule has 1 nitrogen and oxygen atoms in total. The second kappa shape index (κ2) is 5.95. The van der Waals surface area contributed by atoms with Crippen molar-refractivity contribution in [3.05, 3.63) is 33.8 Å². The second-order valence-corrected chi connectivity index (χ2v) is 3.03. The van der Waals surface area contributed by atoms with Crippen molar-refractivity contribution in [2.45, 2.75) is 20.8 Å². The van der Waals surface area contributed by atoms with Crippen LogP contribution in [-0.2, 0) is 0 Å². The highest BCUT2D eigenvalue weighted by Crippen LogP contribution is 2.13. The molecule has 66 valence electrons. The summed E-state index contributed by atoms with van der Waals surface area (Å²) in [7, 11) is 0. The van der Waals surface area contributed by atoms with Crippen molar-refractivity contribution in [2.75, 3.05) is 0 Å². The van der Waals surface area contributed by atoms with E-state index in [2.05, 4.69) is 15.9 Å². The molecule has 0 radical (unpaired) electrons. The first-order valence-corrected chi connectivity index (χ1v) is 4.74. The molecule has 0 amide bonds. The number of hydrogen-bond acceptors (Lipinski definition) is 1. The van der Waals surface area contributed by atoms with Gasteiger partial charge in [-0.1, -0.05) is 35.8 Å². The van der Waals surface area contributed by atoms with E-state index < -0.39 is 0 Å². The number of hydrogen-bond donors (Lipinski definition) is 0. The van der Waals surface area contributed by atoms with Crippen LogP contribution in [0, 0.1) is 6.92 Å². The second-order valence-electron chi connectivity index (χ2n) is 2.12. The summed E-state index contributed by atoms with van der Waals surface area (Å²) in [6, 6.07) is 5.64. The highest BCUT2D eigenvalue weighted by atomic mass is 79.9. The zero-order valence-corrected chi connectivity index (χ0v) is 9.18. The van der Waals surface area contributed by atoms with Crippen LogP contribution in [0.25, 0.3) is 0 Å². The van der Waals surface area contributed by atoms with Crippen LogP contribution < -0.4 is 0 Å². The Bertz CT molecular complexity index is 256. The van der Waals surface area contributed by atoms with Gasteiger partial charge in [0.15, 0.2) is 0 Å². The number of halogens is 1. The van der Waals surface area contributed by atoms with Crippen molar-refractivity contribution in [3.8, 4) is 0 Å². The molecule has 1 aromatic rings. The normalized spacial score (nSPS) is 8.33. The molecule has 0 aliphatic carbocycles. The average molecular weight is 229 g/mol. The Morgan fingerprint density at radius 1 is 1.33 bits per heavy atom. The molecule has 0 bridgehead atoms. The van der Waals surface area contributed by atoms with Gasteiger partial charge in [0.25, 0.3) is 0 Å². The topological polar surface area (TPSA) is 17.1 Å².